The highest BCUT2D eigenvalue weighted by Crippen LogP contribution is 2.32. The summed E-state index contributed by atoms with van der Waals surface area (Å²) in [6.45, 7) is 2.81. The van der Waals surface area contributed by atoms with Gasteiger partial charge < -0.3 is 14.6 Å². The molecule has 0 bridgehead atoms. The van der Waals surface area contributed by atoms with Crippen molar-refractivity contribution in [3.05, 3.63) is 36.0 Å². The van der Waals surface area contributed by atoms with E-state index in [-0.39, 0.29) is 37.3 Å². The Balaban J connectivity index is 1.63. The van der Waals surface area contributed by atoms with Crippen molar-refractivity contribution in [3.8, 4) is 5.75 Å². The molecule has 0 unspecified atom stereocenters. The lowest BCUT2D eigenvalue weighted by molar-refractivity contribution is -0.122. The molecule has 2 aromatic rings. The molecule has 1 aliphatic rings. The number of benzene rings is 1. The Kier molecular flexibility index (Phi) is 5.27. The summed E-state index contributed by atoms with van der Waals surface area (Å²) in [6.07, 6.45) is 2.00. The molecule has 8 nitrogen and oxygen atoms in total. The summed E-state index contributed by atoms with van der Waals surface area (Å²) in [6, 6.07) is 7.27. The molecule has 3 rings (SSSR count). The Morgan fingerprint density at radius 2 is 2.20 bits per heavy atom. The molecule has 25 heavy (non-hydrogen) atoms. The molecular formula is C17H20N4O4. The zero-order valence-corrected chi connectivity index (χ0v) is 14.0. The molecule has 0 aliphatic carbocycles. The minimum atomic E-state index is -0.184. The second kappa shape index (κ2) is 7.78. The molecule has 2 amide bonds. The van der Waals surface area contributed by atoms with Gasteiger partial charge in [-0.1, -0.05) is 30.6 Å². The first-order valence-corrected chi connectivity index (χ1v) is 8.27. The fraction of sp³-hybridized carbons (Fsp3) is 0.412. The highest BCUT2D eigenvalue weighted by molar-refractivity contribution is 5.97. The summed E-state index contributed by atoms with van der Waals surface area (Å²) >= 11 is 0. The highest BCUT2D eigenvalue weighted by Gasteiger charge is 2.27. The van der Waals surface area contributed by atoms with Gasteiger partial charge in [0.1, 0.15) is 12.3 Å². The molecule has 0 fully saturated rings. The van der Waals surface area contributed by atoms with Gasteiger partial charge in [-0.25, -0.2) is 0 Å². The number of fused-ring (bicyclic) bond motifs is 1. The van der Waals surface area contributed by atoms with Crippen LogP contribution in [0.2, 0.25) is 0 Å². The molecule has 1 aromatic heterocycles. The minimum Gasteiger partial charge on any atom is -0.482 e. The first kappa shape index (κ1) is 16.9. The van der Waals surface area contributed by atoms with E-state index in [1.54, 1.807) is 12.1 Å². The molecule has 1 aliphatic heterocycles. The SMILES string of the molecule is CCCCNC(=O)Cc1noc(CN2C(=O)COc3ccccc32)n1. The van der Waals surface area contributed by atoms with Gasteiger partial charge in [-0.15, -0.1) is 0 Å². The second-order valence-corrected chi connectivity index (χ2v) is 5.72. The third-order valence-corrected chi connectivity index (χ3v) is 3.78. The van der Waals surface area contributed by atoms with Crippen molar-refractivity contribution in [2.75, 3.05) is 18.1 Å². The lowest BCUT2D eigenvalue weighted by Crippen LogP contribution is -2.38. The van der Waals surface area contributed by atoms with Gasteiger partial charge >= 0.3 is 0 Å². The van der Waals surface area contributed by atoms with Crippen LogP contribution in [0.5, 0.6) is 5.75 Å². The third-order valence-electron chi connectivity index (χ3n) is 3.78. The Morgan fingerprint density at radius 3 is 3.04 bits per heavy atom. The second-order valence-electron chi connectivity index (χ2n) is 5.72. The summed E-state index contributed by atoms with van der Waals surface area (Å²) in [4.78, 5) is 29.7. The minimum absolute atomic E-state index is 0.0299. The van der Waals surface area contributed by atoms with Crippen molar-refractivity contribution in [1.29, 1.82) is 0 Å². The summed E-state index contributed by atoms with van der Waals surface area (Å²) in [5, 5.41) is 6.62. The van der Waals surface area contributed by atoms with Crippen LogP contribution >= 0.6 is 0 Å². The van der Waals surface area contributed by atoms with Crippen LogP contribution in [0, 0.1) is 0 Å². The number of rotatable bonds is 7. The zero-order chi connectivity index (χ0) is 17.6. The highest BCUT2D eigenvalue weighted by atomic mass is 16.5. The van der Waals surface area contributed by atoms with E-state index < -0.39 is 0 Å². The molecule has 2 heterocycles. The van der Waals surface area contributed by atoms with Crippen LogP contribution in [0.3, 0.4) is 0 Å². The predicted molar refractivity (Wildman–Crippen MR) is 89.0 cm³/mol. The van der Waals surface area contributed by atoms with Gasteiger partial charge in [0.05, 0.1) is 12.1 Å². The molecule has 132 valence electrons. The largest absolute Gasteiger partial charge is 0.482 e. The normalized spacial score (nSPS) is 13.3. The topological polar surface area (TPSA) is 97.6 Å². The number of nitrogens with one attached hydrogen (secondary N) is 1. The van der Waals surface area contributed by atoms with Crippen LogP contribution in [-0.2, 0) is 22.6 Å². The van der Waals surface area contributed by atoms with Crippen molar-refractivity contribution in [3.63, 3.8) is 0 Å². The van der Waals surface area contributed by atoms with Crippen molar-refractivity contribution in [2.24, 2.45) is 0 Å². The molecule has 0 atom stereocenters. The Morgan fingerprint density at radius 1 is 1.36 bits per heavy atom. The molecule has 0 saturated carbocycles. The van der Waals surface area contributed by atoms with Crippen LogP contribution in [0.25, 0.3) is 0 Å². The molecule has 0 spiro atoms. The van der Waals surface area contributed by atoms with Gasteiger partial charge in [-0.05, 0) is 18.6 Å². The maximum atomic E-state index is 12.1. The smallest absolute Gasteiger partial charge is 0.265 e. The van der Waals surface area contributed by atoms with E-state index >= 15 is 0 Å². The number of anilines is 1. The molecule has 0 saturated heterocycles. The van der Waals surface area contributed by atoms with Crippen molar-refractivity contribution in [1.82, 2.24) is 15.5 Å². The van der Waals surface area contributed by atoms with E-state index in [2.05, 4.69) is 22.4 Å². The number of aromatic nitrogens is 2. The molecule has 8 heteroatoms. The fourth-order valence-corrected chi connectivity index (χ4v) is 2.50. The Labute approximate surface area is 145 Å². The molecule has 1 aromatic carbocycles. The number of carbonyl (C=O) groups excluding carboxylic acids is 2. The van der Waals surface area contributed by atoms with Crippen molar-refractivity contribution in [2.45, 2.75) is 32.7 Å². The van der Waals surface area contributed by atoms with E-state index in [0.717, 1.165) is 12.8 Å². The van der Waals surface area contributed by atoms with Crippen molar-refractivity contribution < 1.29 is 18.8 Å². The zero-order valence-electron chi connectivity index (χ0n) is 14.0. The number of para-hydroxylation sites is 2. The van der Waals surface area contributed by atoms with E-state index in [4.69, 9.17) is 9.26 Å². The Bertz CT molecular complexity index is 759. The first-order valence-electron chi connectivity index (χ1n) is 8.27. The van der Waals surface area contributed by atoms with Gasteiger partial charge in [0.15, 0.2) is 12.4 Å². The molecular weight excluding hydrogens is 324 g/mol. The van der Waals surface area contributed by atoms with Crippen LogP contribution in [0.1, 0.15) is 31.5 Å². The summed E-state index contributed by atoms with van der Waals surface area (Å²) in [7, 11) is 0. The molecule has 0 radical (unpaired) electrons. The maximum Gasteiger partial charge on any atom is 0.265 e. The molecule has 1 N–H and O–H groups in total. The number of carbonyl (C=O) groups is 2. The number of hydrogen-bond donors (Lipinski definition) is 1. The third kappa shape index (κ3) is 4.14. The summed E-state index contributed by atoms with van der Waals surface area (Å²) < 4.78 is 10.6. The van der Waals surface area contributed by atoms with E-state index in [1.807, 2.05) is 12.1 Å². The fourth-order valence-electron chi connectivity index (χ4n) is 2.50. The first-order chi connectivity index (χ1) is 12.2. The van der Waals surface area contributed by atoms with Crippen LogP contribution in [-0.4, -0.2) is 35.1 Å². The lowest BCUT2D eigenvalue weighted by atomic mass is 10.2. The summed E-state index contributed by atoms with van der Waals surface area (Å²) in [5.41, 5.74) is 0.663. The summed E-state index contributed by atoms with van der Waals surface area (Å²) in [5.74, 6) is 0.890. The average Bonchev–Trinajstić information content (AvgIpc) is 3.05. The van der Waals surface area contributed by atoms with Gasteiger partial charge in [0.25, 0.3) is 5.91 Å². The monoisotopic (exact) mass is 344 g/mol. The van der Waals surface area contributed by atoms with E-state index in [0.29, 0.717) is 23.8 Å². The number of hydrogen-bond acceptors (Lipinski definition) is 6. The Hall–Kier alpha value is -2.90. The van der Waals surface area contributed by atoms with Gasteiger partial charge in [0.2, 0.25) is 11.8 Å². The average molecular weight is 344 g/mol. The predicted octanol–water partition coefficient (Wildman–Crippen LogP) is 1.45. The van der Waals surface area contributed by atoms with Gasteiger partial charge in [-0.3, -0.25) is 14.5 Å². The van der Waals surface area contributed by atoms with Crippen molar-refractivity contribution >= 4 is 17.5 Å². The van der Waals surface area contributed by atoms with Crippen LogP contribution in [0.15, 0.2) is 28.8 Å². The number of unbranched alkanes of at least 4 members (excludes halogenated alkanes) is 1. The van der Waals surface area contributed by atoms with Crippen LogP contribution in [0.4, 0.5) is 5.69 Å². The van der Waals surface area contributed by atoms with E-state index in [9.17, 15) is 9.59 Å². The quantitative estimate of drug-likeness (QED) is 0.764. The van der Waals surface area contributed by atoms with Gasteiger partial charge in [-0.2, -0.15) is 4.98 Å². The number of ether oxygens (including phenoxy) is 1. The standard InChI is InChI=1S/C17H20N4O4/c1-2-3-8-18-15(22)9-14-19-16(25-20-14)10-21-12-6-4-5-7-13(12)24-11-17(21)23/h4-7H,2-3,8-11H2,1H3,(H,18,22). The van der Waals surface area contributed by atoms with E-state index in [1.165, 1.54) is 4.90 Å². The number of amides is 2. The van der Waals surface area contributed by atoms with Crippen LogP contribution < -0.4 is 15.0 Å². The number of nitrogens with zero attached hydrogens (tertiary/aromatic N) is 3. The maximum absolute atomic E-state index is 12.1. The lowest BCUT2D eigenvalue weighted by Gasteiger charge is -2.27. The van der Waals surface area contributed by atoms with Gasteiger partial charge in [0, 0.05) is 6.54 Å².